The fourth-order valence-electron chi connectivity index (χ4n) is 3.27. The number of amides is 1. The molecular weight excluding hydrogens is 402 g/mol. The summed E-state index contributed by atoms with van der Waals surface area (Å²) in [6.07, 6.45) is 1.51. The number of hydrogen-bond donors (Lipinski definition) is 0. The van der Waals surface area contributed by atoms with Crippen LogP contribution in [0.15, 0.2) is 46.9 Å². The normalized spacial score (nSPS) is 16.7. The summed E-state index contributed by atoms with van der Waals surface area (Å²) in [6, 6.07) is 13.7. The number of carbonyl (C=O) groups excluding carboxylic acids is 1. The highest BCUT2D eigenvalue weighted by Gasteiger charge is 2.34. The van der Waals surface area contributed by atoms with Crippen LogP contribution >= 0.6 is 27.5 Å². The van der Waals surface area contributed by atoms with Crippen LogP contribution in [0.2, 0.25) is 5.02 Å². The summed E-state index contributed by atoms with van der Waals surface area (Å²) in [5.74, 6) is 0.340. The van der Waals surface area contributed by atoms with Crippen LogP contribution < -0.4 is 4.90 Å². The van der Waals surface area contributed by atoms with Gasteiger partial charge in [0.2, 0.25) is 0 Å². The summed E-state index contributed by atoms with van der Waals surface area (Å²) in [7, 11) is 0. The van der Waals surface area contributed by atoms with E-state index in [-0.39, 0.29) is 18.7 Å². The minimum atomic E-state index is -0.308. The fraction of sp³-hybridized carbons (Fsp3) is 0.350. The maximum absolute atomic E-state index is 12.9. The number of ether oxygens (including phenoxy) is 1. The van der Waals surface area contributed by atoms with E-state index in [1.54, 1.807) is 4.90 Å². The molecule has 1 heterocycles. The van der Waals surface area contributed by atoms with E-state index in [9.17, 15) is 4.79 Å². The molecule has 3 nitrogen and oxygen atoms in total. The molecule has 1 aliphatic rings. The lowest BCUT2D eigenvalue weighted by atomic mass is 9.89. The van der Waals surface area contributed by atoms with Crippen molar-refractivity contribution >= 4 is 39.3 Å². The molecule has 2 aromatic carbocycles. The van der Waals surface area contributed by atoms with Crippen LogP contribution in [0.1, 0.15) is 31.4 Å². The van der Waals surface area contributed by atoms with Crippen LogP contribution in [0.5, 0.6) is 0 Å². The van der Waals surface area contributed by atoms with E-state index in [0.29, 0.717) is 10.9 Å². The Morgan fingerprint density at radius 3 is 2.72 bits per heavy atom. The van der Waals surface area contributed by atoms with E-state index < -0.39 is 0 Å². The Morgan fingerprint density at radius 1 is 1.32 bits per heavy atom. The SMILES string of the molecule is CC(C)C1CCc2cc(Cl)c(Br)cc2N1C(=O)OCc1ccccc1. The van der Waals surface area contributed by atoms with Gasteiger partial charge in [0, 0.05) is 10.5 Å². The molecule has 25 heavy (non-hydrogen) atoms. The maximum Gasteiger partial charge on any atom is 0.414 e. The first-order chi connectivity index (χ1) is 12.0. The molecule has 0 saturated carbocycles. The van der Waals surface area contributed by atoms with Gasteiger partial charge in [0.25, 0.3) is 0 Å². The molecule has 1 aliphatic heterocycles. The highest BCUT2D eigenvalue weighted by Crippen LogP contribution is 2.39. The molecule has 3 rings (SSSR count). The van der Waals surface area contributed by atoms with E-state index in [0.717, 1.165) is 34.1 Å². The van der Waals surface area contributed by atoms with Crippen molar-refractivity contribution in [3.05, 3.63) is 63.1 Å². The quantitative estimate of drug-likeness (QED) is 0.588. The van der Waals surface area contributed by atoms with Crippen molar-refractivity contribution in [1.29, 1.82) is 0 Å². The third-order valence-electron chi connectivity index (χ3n) is 4.59. The van der Waals surface area contributed by atoms with Crippen LogP contribution in [0.25, 0.3) is 0 Å². The van der Waals surface area contributed by atoms with Crippen molar-refractivity contribution in [2.24, 2.45) is 5.92 Å². The summed E-state index contributed by atoms with van der Waals surface area (Å²) in [4.78, 5) is 14.7. The van der Waals surface area contributed by atoms with Crippen LogP contribution in [0.3, 0.4) is 0 Å². The monoisotopic (exact) mass is 421 g/mol. The number of benzene rings is 2. The molecule has 1 unspecified atom stereocenters. The topological polar surface area (TPSA) is 29.5 Å². The van der Waals surface area contributed by atoms with Crippen molar-refractivity contribution < 1.29 is 9.53 Å². The molecule has 0 bridgehead atoms. The van der Waals surface area contributed by atoms with Crippen LogP contribution in [-0.4, -0.2) is 12.1 Å². The highest BCUT2D eigenvalue weighted by molar-refractivity contribution is 9.10. The molecule has 0 fully saturated rings. The second kappa shape index (κ2) is 7.79. The van der Waals surface area contributed by atoms with Gasteiger partial charge in [-0.25, -0.2) is 4.79 Å². The van der Waals surface area contributed by atoms with Crippen molar-refractivity contribution in [2.75, 3.05) is 4.90 Å². The molecule has 1 atom stereocenters. The lowest BCUT2D eigenvalue weighted by molar-refractivity contribution is 0.141. The predicted molar refractivity (Wildman–Crippen MR) is 105 cm³/mol. The van der Waals surface area contributed by atoms with Gasteiger partial charge in [0.15, 0.2) is 0 Å². The van der Waals surface area contributed by atoms with Crippen LogP contribution in [0, 0.1) is 5.92 Å². The van der Waals surface area contributed by atoms with Gasteiger partial charge in [-0.05, 0) is 57.9 Å². The Bertz CT molecular complexity index is 764. The number of nitrogens with zero attached hydrogens (tertiary/aromatic N) is 1. The van der Waals surface area contributed by atoms with Crippen LogP contribution in [-0.2, 0) is 17.8 Å². The lowest BCUT2D eigenvalue weighted by Gasteiger charge is -2.39. The number of fused-ring (bicyclic) bond motifs is 1. The number of anilines is 1. The minimum absolute atomic E-state index is 0.115. The van der Waals surface area contributed by atoms with E-state index in [1.165, 1.54) is 0 Å². The highest BCUT2D eigenvalue weighted by atomic mass is 79.9. The second-order valence-corrected chi connectivity index (χ2v) is 7.92. The maximum atomic E-state index is 12.9. The molecule has 0 saturated heterocycles. The van der Waals surface area contributed by atoms with Gasteiger partial charge in [-0.1, -0.05) is 55.8 Å². The van der Waals surface area contributed by atoms with E-state index in [2.05, 4.69) is 29.8 Å². The Kier molecular flexibility index (Phi) is 5.70. The number of aryl methyl sites for hydroxylation is 1. The second-order valence-electron chi connectivity index (χ2n) is 6.66. The summed E-state index contributed by atoms with van der Waals surface area (Å²) in [5.41, 5.74) is 2.95. The molecule has 0 N–H and O–H groups in total. The number of rotatable bonds is 3. The van der Waals surface area contributed by atoms with Gasteiger partial charge >= 0.3 is 6.09 Å². The zero-order chi connectivity index (χ0) is 18.0. The van der Waals surface area contributed by atoms with Crippen molar-refractivity contribution in [3.8, 4) is 0 Å². The summed E-state index contributed by atoms with van der Waals surface area (Å²) in [5, 5.41) is 0.666. The van der Waals surface area contributed by atoms with Crippen molar-refractivity contribution in [3.63, 3.8) is 0 Å². The van der Waals surface area contributed by atoms with E-state index in [4.69, 9.17) is 16.3 Å². The summed E-state index contributed by atoms with van der Waals surface area (Å²) < 4.78 is 6.40. The third-order valence-corrected chi connectivity index (χ3v) is 5.79. The van der Waals surface area contributed by atoms with Crippen molar-refractivity contribution in [2.45, 2.75) is 39.3 Å². The Hall–Kier alpha value is -1.52. The molecule has 5 heteroatoms. The fourth-order valence-corrected chi connectivity index (χ4v) is 3.78. The molecule has 0 aromatic heterocycles. The first kappa shape index (κ1) is 18.3. The van der Waals surface area contributed by atoms with Gasteiger partial charge in [0.05, 0.1) is 10.7 Å². The molecular formula is C20H21BrClNO2. The minimum Gasteiger partial charge on any atom is -0.444 e. The molecule has 1 amide bonds. The van der Waals surface area contributed by atoms with Gasteiger partial charge in [-0.3, -0.25) is 4.90 Å². The predicted octanol–water partition coefficient (Wildman–Crippen LogP) is 6.22. The van der Waals surface area contributed by atoms with Gasteiger partial charge in [0.1, 0.15) is 6.61 Å². The smallest absolute Gasteiger partial charge is 0.414 e. The molecule has 0 spiro atoms. The Balaban J connectivity index is 1.88. The molecule has 2 aromatic rings. The Morgan fingerprint density at radius 2 is 2.04 bits per heavy atom. The Labute approximate surface area is 162 Å². The molecule has 132 valence electrons. The first-order valence-electron chi connectivity index (χ1n) is 8.45. The van der Waals surface area contributed by atoms with Gasteiger partial charge in [-0.15, -0.1) is 0 Å². The third kappa shape index (κ3) is 4.01. The van der Waals surface area contributed by atoms with Gasteiger partial charge in [-0.2, -0.15) is 0 Å². The first-order valence-corrected chi connectivity index (χ1v) is 9.62. The molecule has 0 radical (unpaired) electrons. The number of hydrogen-bond acceptors (Lipinski definition) is 2. The summed E-state index contributed by atoms with van der Waals surface area (Å²) in [6.45, 7) is 4.54. The van der Waals surface area contributed by atoms with E-state index >= 15 is 0 Å². The number of halogens is 2. The zero-order valence-electron chi connectivity index (χ0n) is 14.3. The average molecular weight is 423 g/mol. The standard InChI is InChI=1S/C20H21BrClNO2/c1-13(2)18-9-8-15-10-17(22)16(21)11-19(15)23(18)20(24)25-12-14-6-4-3-5-7-14/h3-7,10-11,13,18H,8-9,12H2,1-2H3. The number of carbonyl (C=O) groups is 1. The van der Waals surface area contributed by atoms with E-state index in [1.807, 2.05) is 42.5 Å². The largest absolute Gasteiger partial charge is 0.444 e. The van der Waals surface area contributed by atoms with Crippen molar-refractivity contribution in [1.82, 2.24) is 0 Å². The zero-order valence-corrected chi connectivity index (χ0v) is 16.7. The average Bonchev–Trinajstić information content (AvgIpc) is 2.60. The molecule has 0 aliphatic carbocycles. The van der Waals surface area contributed by atoms with Gasteiger partial charge < -0.3 is 4.74 Å². The lowest BCUT2D eigenvalue weighted by Crippen LogP contribution is -2.46. The summed E-state index contributed by atoms with van der Waals surface area (Å²) >= 11 is 9.70. The van der Waals surface area contributed by atoms with Crippen LogP contribution in [0.4, 0.5) is 10.5 Å².